The number of nitrogens with one attached hydrogen (secondary N) is 1. The fraction of sp³-hybridized carbons (Fsp3) is 0.0909. The van der Waals surface area contributed by atoms with Crippen LogP contribution in [0.5, 0.6) is 11.5 Å². The summed E-state index contributed by atoms with van der Waals surface area (Å²) in [5.41, 5.74) is 2.47. The number of hydrogen-bond donors (Lipinski definition) is 1. The molecule has 2 aromatic carbocycles. The second kappa shape index (κ2) is 7.93. The van der Waals surface area contributed by atoms with Gasteiger partial charge in [0.15, 0.2) is 0 Å². The van der Waals surface area contributed by atoms with Gasteiger partial charge in [-0.1, -0.05) is 18.2 Å². The van der Waals surface area contributed by atoms with Crippen molar-refractivity contribution >= 4 is 22.8 Å². The molecule has 4 aromatic rings. The highest BCUT2D eigenvalue weighted by atomic mass is 16.5. The Kier molecular flexibility index (Phi) is 5.03. The second-order valence-corrected chi connectivity index (χ2v) is 6.16. The number of anilines is 1. The lowest BCUT2D eigenvalue weighted by Gasteiger charge is -2.13. The van der Waals surface area contributed by atoms with Gasteiger partial charge in [0.2, 0.25) is 5.95 Å². The van der Waals surface area contributed by atoms with Crippen LogP contribution in [0.4, 0.5) is 5.95 Å². The van der Waals surface area contributed by atoms with E-state index in [2.05, 4.69) is 15.3 Å². The Hall–Kier alpha value is -4.00. The SMILES string of the molecule is COc1ccc(OC)c(-c2cc(C(=O)Nc3ncccn3)c3ccccc3n2)c1. The molecule has 0 fully saturated rings. The first-order chi connectivity index (χ1) is 14.2. The molecule has 1 N–H and O–H groups in total. The van der Waals surface area contributed by atoms with E-state index in [1.807, 2.05) is 42.5 Å². The van der Waals surface area contributed by atoms with Crippen LogP contribution < -0.4 is 14.8 Å². The van der Waals surface area contributed by atoms with Gasteiger partial charge in [0.25, 0.3) is 5.91 Å². The van der Waals surface area contributed by atoms with E-state index in [0.717, 1.165) is 10.9 Å². The summed E-state index contributed by atoms with van der Waals surface area (Å²) in [7, 11) is 3.19. The number of carbonyl (C=O) groups is 1. The minimum absolute atomic E-state index is 0.235. The van der Waals surface area contributed by atoms with Gasteiger partial charge < -0.3 is 9.47 Å². The monoisotopic (exact) mass is 386 g/mol. The van der Waals surface area contributed by atoms with E-state index in [4.69, 9.17) is 14.5 Å². The van der Waals surface area contributed by atoms with Crippen molar-refractivity contribution in [1.82, 2.24) is 15.0 Å². The standard InChI is InChI=1S/C22H18N4O3/c1-28-14-8-9-20(29-2)17(12-14)19-13-16(15-6-3-4-7-18(15)25-19)21(27)26-22-23-10-5-11-24-22/h3-13H,1-2H3,(H,23,24,26,27). The summed E-state index contributed by atoms with van der Waals surface area (Å²) in [6, 6.07) is 16.3. The van der Waals surface area contributed by atoms with Gasteiger partial charge in [-0.3, -0.25) is 10.1 Å². The number of hydrogen-bond acceptors (Lipinski definition) is 6. The number of nitrogens with zero attached hydrogens (tertiary/aromatic N) is 3. The number of methoxy groups -OCH3 is 2. The molecule has 7 heteroatoms. The molecule has 1 amide bonds. The van der Waals surface area contributed by atoms with Crippen molar-refractivity contribution in [3.63, 3.8) is 0 Å². The Balaban J connectivity index is 1.87. The fourth-order valence-corrected chi connectivity index (χ4v) is 3.05. The van der Waals surface area contributed by atoms with Gasteiger partial charge in [-0.25, -0.2) is 15.0 Å². The smallest absolute Gasteiger partial charge is 0.258 e. The molecule has 0 atom stereocenters. The zero-order chi connectivity index (χ0) is 20.2. The topological polar surface area (TPSA) is 86.2 Å². The summed E-state index contributed by atoms with van der Waals surface area (Å²) in [6.45, 7) is 0. The Morgan fingerprint density at radius 2 is 1.72 bits per heavy atom. The average Bonchev–Trinajstić information content (AvgIpc) is 2.78. The molecule has 0 spiro atoms. The lowest BCUT2D eigenvalue weighted by atomic mass is 10.0. The van der Waals surface area contributed by atoms with Crippen LogP contribution in [-0.4, -0.2) is 35.1 Å². The van der Waals surface area contributed by atoms with Gasteiger partial charge in [0, 0.05) is 23.3 Å². The third-order valence-corrected chi connectivity index (χ3v) is 4.43. The first-order valence-electron chi connectivity index (χ1n) is 8.90. The van der Waals surface area contributed by atoms with Crippen molar-refractivity contribution in [1.29, 1.82) is 0 Å². The van der Waals surface area contributed by atoms with Crippen LogP contribution in [0.25, 0.3) is 22.2 Å². The van der Waals surface area contributed by atoms with E-state index in [9.17, 15) is 4.79 Å². The lowest BCUT2D eigenvalue weighted by molar-refractivity contribution is 0.102. The number of aromatic nitrogens is 3. The molecule has 2 heterocycles. The summed E-state index contributed by atoms with van der Waals surface area (Å²) in [4.78, 5) is 25.9. The highest BCUT2D eigenvalue weighted by Gasteiger charge is 2.17. The predicted molar refractivity (Wildman–Crippen MR) is 110 cm³/mol. The first kappa shape index (κ1) is 18.4. The minimum Gasteiger partial charge on any atom is -0.497 e. The Morgan fingerprint density at radius 3 is 2.48 bits per heavy atom. The Morgan fingerprint density at radius 1 is 0.931 bits per heavy atom. The molecular formula is C22H18N4O3. The van der Waals surface area contributed by atoms with Crippen molar-refractivity contribution in [2.75, 3.05) is 19.5 Å². The lowest BCUT2D eigenvalue weighted by Crippen LogP contribution is -2.15. The van der Waals surface area contributed by atoms with Crippen molar-refractivity contribution in [2.45, 2.75) is 0 Å². The van der Waals surface area contributed by atoms with Gasteiger partial charge in [-0.05, 0) is 36.4 Å². The third kappa shape index (κ3) is 3.70. The third-order valence-electron chi connectivity index (χ3n) is 4.43. The molecule has 29 heavy (non-hydrogen) atoms. The number of fused-ring (bicyclic) bond motifs is 1. The number of rotatable bonds is 5. The highest BCUT2D eigenvalue weighted by molar-refractivity contribution is 6.12. The maximum Gasteiger partial charge on any atom is 0.258 e. The van der Waals surface area contributed by atoms with Crippen molar-refractivity contribution in [3.05, 3.63) is 72.6 Å². The fourth-order valence-electron chi connectivity index (χ4n) is 3.05. The molecule has 0 radical (unpaired) electrons. The molecule has 7 nitrogen and oxygen atoms in total. The van der Waals surface area contributed by atoms with Crippen LogP contribution in [0.1, 0.15) is 10.4 Å². The molecule has 0 saturated carbocycles. The van der Waals surface area contributed by atoms with Gasteiger partial charge in [-0.2, -0.15) is 0 Å². The van der Waals surface area contributed by atoms with Crippen LogP contribution in [-0.2, 0) is 0 Å². The van der Waals surface area contributed by atoms with E-state index < -0.39 is 0 Å². The Bertz CT molecular complexity index is 1180. The van der Waals surface area contributed by atoms with Crippen molar-refractivity contribution < 1.29 is 14.3 Å². The number of benzene rings is 2. The summed E-state index contributed by atoms with van der Waals surface area (Å²) in [6.07, 6.45) is 3.14. The summed E-state index contributed by atoms with van der Waals surface area (Å²) >= 11 is 0. The summed E-state index contributed by atoms with van der Waals surface area (Å²) < 4.78 is 10.8. The quantitative estimate of drug-likeness (QED) is 0.559. The molecule has 0 saturated heterocycles. The molecule has 144 valence electrons. The minimum atomic E-state index is -0.321. The molecule has 0 aliphatic carbocycles. The maximum atomic E-state index is 13.0. The summed E-state index contributed by atoms with van der Waals surface area (Å²) in [5, 5.41) is 3.46. The zero-order valence-electron chi connectivity index (χ0n) is 15.9. The Labute approximate surface area is 167 Å². The van der Waals surface area contributed by atoms with Crippen molar-refractivity contribution in [2.24, 2.45) is 0 Å². The van der Waals surface area contributed by atoms with Crippen LogP contribution in [0.3, 0.4) is 0 Å². The molecule has 0 bridgehead atoms. The van der Waals surface area contributed by atoms with Crippen LogP contribution >= 0.6 is 0 Å². The molecule has 2 aromatic heterocycles. The molecule has 0 unspecified atom stereocenters. The van der Waals surface area contributed by atoms with E-state index in [-0.39, 0.29) is 11.9 Å². The normalized spacial score (nSPS) is 10.6. The van der Waals surface area contributed by atoms with Gasteiger partial charge in [0.1, 0.15) is 11.5 Å². The van der Waals surface area contributed by atoms with Crippen LogP contribution in [0.15, 0.2) is 67.0 Å². The zero-order valence-corrected chi connectivity index (χ0v) is 15.9. The summed E-state index contributed by atoms with van der Waals surface area (Å²) in [5.74, 6) is 1.21. The molecule has 4 rings (SSSR count). The van der Waals surface area contributed by atoms with E-state index >= 15 is 0 Å². The number of amides is 1. The van der Waals surface area contributed by atoms with Gasteiger partial charge in [-0.15, -0.1) is 0 Å². The largest absolute Gasteiger partial charge is 0.497 e. The molecular weight excluding hydrogens is 368 g/mol. The maximum absolute atomic E-state index is 13.0. The van der Waals surface area contributed by atoms with Crippen LogP contribution in [0.2, 0.25) is 0 Å². The highest BCUT2D eigenvalue weighted by Crippen LogP contribution is 2.34. The van der Waals surface area contributed by atoms with E-state index in [1.54, 1.807) is 38.7 Å². The van der Waals surface area contributed by atoms with Gasteiger partial charge >= 0.3 is 0 Å². The van der Waals surface area contributed by atoms with Gasteiger partial charge in [0.05, 0.1) is 31.0 Å². The average molecular weight is 386 g/mol. The predicted octanol–water partition coefficient (Wildman–Crippen LogP) is 3.96. The molecule has 0 aliphatic rings. The van der Waals surface area contributed by atoms with Crippen LogP contribution in [0, 0.1) is 0 Å². The first-order valence-corrected chi connectivity index (χ1v) is 8.90. The number of para-hydroxylation sites is 1. The second-order valence-electron chi connectivity index (χ2n) is 6.16. The van der Waals surface area contributed by atoms with E-state index in [1.165, 1.54) is 0 Å². The van der Waals surface area contributed by atoms with E-state index in [0.29, 0.717) is 28.3 Å². The number of carbonyl (C=O) groups excluding carboxylic acids is 1. The molecule has 0 aliphatic heterocycles. The van der Waals surface area contributed by atoms with Crippen molar-refractivity contribution in [3.8, 4) is 22.8 Å². The number of pyridine rings is 1. The number of ether oxygens (including phenoxy) is 2.